The van der Waals surface area contributed by atoms with Crippen molar-refractivity contribution in [2.45, 2.75) is 12.8 Å². The second kappa shape index (κ2) is 7.29. The van der Waals surface area contributed by atoms with Gasteiger partial charge in [-0.15, -0.1) is 0 Å². The number of imidazole rings is 1. The van der Waals surface area contributed by atoms with Gasteiger partial charge in [0, 0.05) is 34.3 Å². The standard InChI is InChI=1S/C21H15ClFN3O/c22-17-3-1-4-18(23)16(17)10-11-20(27)15-8-6-14(7-9-15)19-13-24-21-5-2-12-25-26(19)21/h1-9,12-13H,10-11H2. The molecule has 2 aromatic carbocycles. The maximum absolute atomic E-state index is 13.8. The maximum atomic E-state index is 13.8. The number of fused-ring (bicyclic) bond motifs is 1. The van der Waals surface area contributed by atoms with Crippen molar-refractivity contribution in [3.05, 3.63) is 89.0 Å². The third kappa shape index (κ3) is 3.46. The molecule has 0 amide bonds. The van der Waals surface area contributed by atoms with Crippen molar-refractivity contribution in [3.8, 4) is 11.3 Å². The highest BCUT2D eigenvalue weighted by Crippen LogP contribution is 2.23. The lowest BCUT2D eigenvalue weighted by atomic mass is 10.0. The van der Waals surface area contributed by atoms with Gasteiger partial charge >= 0.3 is 0 Å². The fourth-order valence-corrected chi connectivity index (χ4v) is 3.26. The highest BCUT2D eigenvalue weighted by atomic mass is 35.5. The van der Waals surface area contributed by atoms with Crippen LogP contribution in [0.5, 0.6) is 0 Å². The smallest absolute Gasteiger partial charge is 0.163 e. The maximum Gasteiger partial charge on any atom is 0.163 e. The first-order valence-corrected chi connectivity index (χ1v) is 8.86. The number of aromatic nitrogens is 3. The largest absolute Gasteiger partial charge is 0.294 e. The third-order valence-corrected chi connectivity index (χ3v) is 4.80. The second-order valence-electron chi connectivity index (χ2n) is 6.14. The molecule has 0 unspecified atom stereocenters. The Morgan fingerprint density at radius 2 is 1.89 bits per heavy atom. The molecule has 27 heavy (non-hydrogen) atoms. The van der Waals surface area contributed by atoms with Crippen LogP contribution in [0.4, 0.5) is 4.39 Å². The van der Waals surface area contributed by atoms with Crippen molar-refractivity contribution in [3.63, 3.8) is 0 Å². The zero-order valence-electron chi connectivity index (χ0n) is 14.3. The van der Waals surface area contributed by atoms with Gasteiger partial charge in [-0.05, 0) is 30.7 Å². The first kappa shape index (κ1) is 17.4. The van der Waals surface area contributed by atoms with Crippen LogP contribution < -0.4 is 0 Å². The van der Waals surface area contributed by atoms with E-state index in [1.165, 1.54) is 6.07 Å². The number of nitrogens with zero attached hydrogens (tertiary/aromatic N) is 3. The van der Waals surface area contributed by atoms with Crippen molar-refractivity contribution in [1.29, 1.82) is 0 Å². The van der Waals surface area contributed by atoms with Crippen LogP contribution in [0.2, 0.25) is 5.02 Å². The van der Waals surface area contributed by atoms with E-state index >= 15 is 0 Å². The summed E-state index contributed by atoms with van der Waals surface area (Å²) in [5.41, 5.74) is 3.47. The molecule has 134 valence electrons. The van der Waals surface area contributed by atoms with Gasteiger partial charge < -0.3 is 0 Å². The van der Waals surface area contributed by atoms with Crippen molar-refractivity contribution in [2.75, 3.05) is 0 Å². The number of hydrogen-bond acceptors (Lipinski definition) is 3. The number of Topliss-reactive ketones (excluding diaryl/α,β-unsaturated/α-hetero) is 1. The molecule has 0 radical (unpaired) electrons. The number of carbonyl (C=O) groups is 1. The Hall–Kier alpha value is -3.05. The van der Waals surface area contributed by atoms with Crippen molar-refractivity contribution in [2.24, 2.45) is 0 Å². The van der Waals surface area contributed by atoms with E-state index in [1.54, 1.807) is 41.2 Å². The summed E-state index contributed by atoms with van der Waals surface area (Å²) in [5, 5.41) is 4.64. The zero-order valence-corrected chi connectivity index (χ0v) is 15.0. The molecule has 4 aromatic rings. The predicted octanol–water partition coefficient (Wildman–Crippen LogP) is 5.00. The quantitative estimate of drug-likeness (QED) is 0.458. The van der Waals surface area contributed by atoms with E-state index in [0.717, 1.165) is 16.9 Å². The van der Waals surface area contributed by atoms with Crippen LogP contribution in [-0.2, 0) is 6.42 Å². The van der Waals surface area contributed by atoms with E-state index < -0.39 is 0 Å². The molecule has 0 aliphatic heterocycles. The zero-order chi connectivity index (χ0) is 18.8. The molecular weight excluding hydrogens is 365 g/mol. The number of ketones is 1. The summed E-state index contributed by atoms with van der Waals surface area (Å²) < 4.78 is 15.6. The van der Waals surface area contributed by atoms with Crippen LogP contribution in [0.1, 0.15) is 22.3 Å². The van der Waals surface area contributed by atoms with Gasteiger partial charge in [0.2, 0.25) is 0 Å². The van der Waals surface area contributed by atoms with Crippen LogP contribution in [0.15, 0.2) is 67.0 Å². The fourth-order valence-electron chi connectivity index (χ4n) is 3.01. The van der Waals surface area contributed by atoms with Crippen LogP contribution in [0.3, 0.4) is 0 Å². The van der Waals surface area contributed by atoms with E-state index in [2.05, 4.69) is 10.1 Å². The normalized spacial score (nSPS) is 11.0. The van der Waals surface area contributed by atoms with E-state index in [0.29, 0.717) is 16.1 Å². The molecule has 0 saturated carbocycles. The van der Waals surface area contributed by atoms with Crippen LogP contribution >= 0.6 is 11.6 Å². The van der Waals surface area contributed by atoms with Gasteiger partial charge in [-0.3, -0.25) is 4.79 Å². The monoisotopic (exact) mass is 379 g/mol. The van der Waals surface area contributed by atoms with Gasteiger partial charge in [0.15, 0.2) is 11.4 Å². The summed E-state index contributed by atoms with van der Waals surface area (Å²) >= 11 is 6.02. The Bertz CT molecular complexity index is 1100. The summed E-state index contributed by atoms with van der Waals surface area (Å²) in [6.07, 6.45) is 3.91. The van der Waals surface area contributed by atoms with Crippen LogP contribution in [0.25, 0.3) is 16.9 Å². The van der Waals surface area contributed by atoms with Gasteiger partial charge in [-0.25, -0.2) is 13.9 Å². The van der Waals surface area contributed by atoms with Crippen molar-refractivity contribution in [1.82, 2.24) is 14.6 Å². The molecule has 0 saturated heterocycles. The molecule has 0 fully saturated rings. The van der Waals surface area contributed by atoms with E-state index in [-0.39, 0.29) is 24.4 Å². The first-order chi connectivity index (χ1) is 13.1. The molecule has 0 spiro atoms. The van der Waals surface area contributed by atoms with E-state index in [1.807, 2.05) is 24.3 Å². The number of halogens is 2. The van der Waals surface area contributed by atoms with E-state index in [4.69, 9.17) is 11.6 Å². The Balaban J connectivity index is 1.51. The molecule has 0 aliphatic carbocycles. The van der Waals surface area contributed by atoms with Gasteiger partial charge in [0.05, 0.1) is 11.9 Å². The predicted molar refractivity (Wildman–Crippen MR) is 102 cm³/mol. The summed E-state index contributed by atoms with van der Waals surface area (Å²) in [5.74, 6) is -0.442. The number of rotatable bonds is 5. The molecule has 0 atom stereocenters. The molecule has 2 aromatic heterocycles. The Labute approximate surface area is 160 Å². The summed E-state index contributed by atoms with van der Waals surface area (Å²) in [6.45, 7) is 0. The van der Waals surface area contributed by atoms with Gasteiger partial charge in [-0.1, -0.05) is 41.9 Å². The molecule has 0 aliphatic rings. The summed E-state index contributed by atoms with van der Waals surface area (Å²) in [7, 11) is 0. The Morgan fingerprint density at radius 1 is 1.07 bits per heavy atom. The summed E-state index contributed by atoms with van der Waals surface area (Å²) in [6, 6.07) is 15.5. The Morgan fingerprint density at radius 3 is 2.67 bits per heavy atom. The van der Waals surface area contributed by atoms with E-state index in [9.17, 15) is 9.18 Å². The van der Waals surface area contributed by atoms with Gasteiger partial charge in [0.25, 0.3) is 0 Å². The lowest BCUT2D eigenvalue weighted by Crippen LogP contribution is -2.03. The average Bonchev–Trinajstić information content (AvgIpc) is 3.12. The SMILES string of the molecule is O=C(CCc1c(F)cccc1Cl)c1ccc(-c2cnc3cccnn23)cc1. The number of hydrogen-bond donors (Lipinski definition) is 0. The number of carbonyl (C=O) groups excluding carboxylic acids is 1. The number of benzene rings is 2. The lowest BCUT2D eigenvalue weighted by Gasteiger charge is -2.06. The second-order valence-corrected chi connectivity index (χ2v) is 6.55. The highest BCUT2D eigenvalue weighted by molar-refractivity contribution is 6.31. The van der Waals surface area contributed by atoms with Crippen molar-refractivity contribution < 1.29 is 9.18 Å². The lowest BCUT2D eigenvalue weighted by molar-refractivity contribution is 0.0982. The fraction of sp³-hybridized carbons (Fsp3) is 0.0952. The molecular formula is C21H15ClFN3O. The minimum Gasteiger partial charge on any atom is -0.294 e. The average molecular weight is 380 g/mol. The molecule has 4 rings (SSSR count). The van der Waals surface area contributed by atoms with Crippen LogP contribution in [-0.4, -0.2) is 20.4 Å². The topological polar surface area (TPSA) is 47.3 Å². The molecule has 6 heteroatoms. The summed E-state index contributed by atoms with van der Waals surface area (Å²) in [4.78, 5) is 16.8. The molecule has 0 bridgehead atoms. The van der Waals surface area contributed by atoms with Crippen LogP contribution in [0, 0.1) is 5.82 Å². The molecule has 0 N–H and O–H groups in total. The minimum absolute atomic E-state index is 0.0582. The third-order valence-electron chi connectivity index (χ3n) is 4.44. The highest BCUT2D eigenvalue weighted by Gasteiger charge is 2.12. The molecule has 4 nitrogen and oxygen atoms in total. The van der Waals surface area contributed by atoms with Gasteiger partial charge in [0.1, 0.15) is 5.82 Å². The Kier molecular flexibility index (Phi) is 4.69. The molecule has 2 heterocycles. The van der Waals surface area contributed by atoms with Gasteiger partial charge in [-0.2, -0.15) is 5.10 Å². The van der Waals surface area contributed by atoms with Crippen molar-refractivity contribution >= 4 is 23.0 Å². The first-order valence-electron chi connectivity index (χ1n) is 8.49. The minimum atomic E-state index is -0.384.